The van der Waals surface area contributed by atoms with Gasteiger partial charge >= 0.3 is 11.8 Å². The third kappa shape index (κ3) is 4.41. The van der Waals surface area contributed by atoms with Crippen molar-refractivity contribution in [2.75, 3.05) is 12.4 Å². The molecule has 2 N–H and O–H groups in total. The van der Waals surface area contributed by atoms with Gasteiger partial charge in [0, 0.05) is 17.8 Å². The Morgan fingerprint density at radius 3 is 2.58 bits per heavy atom. The standard InChI is InChI=1S/C19H23N3O4/c1-25-16-10-14(8-9-15(16)17-11-20-12-26-17)22-19(24)18(23)21-13-6-4-2-3-5-7-13/h8-13H,2-7H2,1H3,(H,21,23)(H,22,24). The van der Waals surface area contributed by atoms with Crippen LogP contribution in [0.25, 0.3) is 11.3 Å². The van der Waals surface area contributed by atoms with E-state index in [-0.39, 0.29) is 6.04 Å². The molecule has 26 heavy (non-hydrogen) atoms. The molecular formula is C19H23N3O4. The van der Waals surface area contributed by atoms with E-state index in [0.29, 0.717) is 22.8 Å². The van der Waals surface area contributed by atoms with Crippen molar-refractivity contribution < 1.29 is 18.7 Å². The van der Waals surface area contributed by atoms with E-state index < -0.39 is 11.8 Å². The van der Waals surface area contributed by atoms with Crippen LogP contribution in [-0.4, -0.2) is 29.9 Å². The zero-order valence-electron chi connectivity index (χ0n) is 14.8. The first kappa shape index (κ1) is 18.0. The number of aromatic nitrogens is 1. The van der Waals surface area contributed by atoms with E-state index in [1.165, 1.54) is 26.3 Å². The number of benzene rings is 1. The van der Waals surface area contributed by atoms with Crippen LogP contribution in [0.2, 0.25) is 0 Å². The average molecular weight is 357 g/mol. The number of carbonyl (C=O) groups excluding carboxylic acids is 2. The molecule has 2 aromatic rings. The summed E-state index contributed by atoms with van der Waals surface area (Å²) < 4.78 is 10.6. The van der Waals surface area contributed by atoms with Crippen molar-refractivity contribution in [1.82, 2.24) is 10.3 Å². The second kappa shape index (κ2) is 8.51. The first-order valence-electron chi connectivity index (χ1n) is 8.86. The lowest BCUT2D eigenvalue weighted by atomic mass is 10.1. The Balaban J connectivity index is 1.64. The van der Waals surface area contributed by atoms with Gasteiger partial charge in [-0.2, -0.15) is 0 Å². The molecule has 1 saturated carbocycles. The van der Waals surface area contributed by atoms with E-state index in [4.69, 9.17) is 9.15 Å². The summed E-state index contributed by atoms with van der Waals surface area (Å²) >= 11 is 0. The van der Waals surface area contributed by atoms with Gasteiger partial charge in [0.1, 0.15) is 5.75 Å². The van der Waals surface area contributed by atoms with Crippen molar-refractivity contribution in [1.29, 1.82) is 0 Å². The maximum Gasteiger partial charge on any atom is 0.313 e. The smallest absolute Gasteiger partial charge is 0.313 e. The summed E-state index contributed by atoms with van der Waals surface area (Å²) in [4.78, 5) is 28.2. The van der Waals surface area contributed by atoms with Crippen molar-refractivity contribution in [3.63, 3.8) is 0 Å². The number of carbonyl (C=O) groups is 2. The van der Waals surface area contributed by atoms with E-state index in [0.717, 1.165) is 25.7 Å². The Kier molecular flexibility index (Phi) is 5.88. The number of oxazole rings is 1. The summed E-state index contributed by atoms with van der Waals surface area (Å²) in [5.41, 5.74) is 1.19. The molecule has 0 unspecified atom stereocenters. The summed E-state index contributed by atoms with van der Waals surface area (Å²) in [5.74, 6) is -0.201. The number of amides is 2. The summed E-state index contributed by atoms with van der Waals surface area (Å²) in [6, 6.07) is 5.17. The maximum atomic E-state index is 12.2. The molecule has 1 aromatic carbocycles. The van der Waals surface area contributed by atoms with Crippen LogP contribution in [0.4, 0.5) is 5.69 Å². The molecule has 7 heteroatoms. The Hall–Kier alpha value is -2.83. The fourth-order valence-electron chi connectivity index (χ4n) is 3.18. The zero-order chi connectivity index (χ0) is 18.4. The van der Waals surface area contributed by atoms with Crippen LogP contribution < -0.4 is 15.4 Å². The maximum absolute atomic E-state index is 12.2. The molecule has 1 fully saturated rings. The van der Waals surface area contributed by atoms with Gasteiger partial charge in [-0.25, -0.2) is 4.98 Å². The van der Waals surface area contributed by atoms with Crippen molar-refractivity contribution in [3.8, 4) is 17.1 Å². The van der Waals surface area contributed by atoms with Gasteiger partial charge < -0.3 is 19.8 Å². The summed E-state index contributed by atoms with van der Waals surface area (Å²) in [5, 5.41) is 5.45. The molecule has 0 radical (unpaired) electrons. The summed E-state index contributed by atoms with van der Waals surface area (Å²) in [7, 11) is 1.53. The molecule has 1 aromatic heterocycles. The number of methoxy groups -OCH3 is 1. The average Bonchev–Trinajstić information content (AvgIpc) is 3.06. The highest BCUT2D eigenvalue weighted by molar-refractivity contribution is 6.39. The number of nitrogens with zero attached hydrogens (tertiary/aromatic N) is 1. The highest BCUT2D eigenvalue weighted by Crippen LogP contribution is 2.32. The minimum atomic E-state index is -0.677. The van der Waals surface area contributed by atoms with E-state index in [1.807, 2.05) is 0 Å². The third-order valence-electron chi connectivity index (χ3n) is 4.55. The number of anilines is 1. The quantitative estimate of drug-likeness (QED) is 0.648. The van der Waals surface area contributed by atoms with Crippen LogP contribution in [-0.2, 0) is 9.59 Å². The number of hydrogen-bond donors (Lipinski definition) is 2. The van der Waals surface area contributed by atoms with Crippen LogP contribution in [0.5, 0.6) is 5.75 Å². The van der Waals surface area contributed by atoms with Gasteiger partial charge in [0.05, 0.1) is 18.9 Å². The van der Waals surface area contributed by atoms with Gasteiger partial charge in [-0.3, -0.25) is 9.59 Å². The fraction of sp³-hybridized carbons (Fsp3) is 0.421. The van der Waals surface area contributed by atoms with Gasteiger partial charge in [-0.1, -0.05) is 25.7 Å². The van der Waals surface area contributed by atoms with Crippen LogP contribution >= 0.6 is 0 Å². The van der Waals surface area contributed by atoms with Gasteiger partial charge in [0.25, 0.3) is 0 Å². The largest absolute Gasteiger partial charge is 0.496 e. The van der Waals surface area contributed by atoms with Crippen LogP contribution in [0.3, 0.4) is 0 Å². The molecule has 1 heterocycles. The van der Waals surface area contributed by atoms with Crippen molar-refractivity contribution in [2.45, 2.75) is 44.6 Å². The minimum Gasteiger partial charge on any atom is -0.496 e. The highest BCUT2D eigenvalue weighted by Gasteiger charge is 2.20. The Morgan fingerprint density at radius 1 is 1.15 bits per heavy atom. The van der Waals surface area contributed by atoms with Crippen LogP contribution in [0, 0.1) is 0 Å². The number of hydrogen-bond acceptors (Lipinski definition) is 5. The molecule has 0 bridgehead atoms. The molecule has 1 aliphatic rings. The molecule has 2 amide bonds. The van der Waals surface area contributed by atoms with Gasteiger partial charge in [-0.15, -0.1) is 0 Å². The first-order valence-corrected chi connectivity index (χ1v) is 8.86. The molecule has 0 atom stereocenters. The number of rotatable bonds is 4. The second-order valence-electron chi connectivity index (χ2n) is 6.40. The number of ether oxygens (including phenoxy) is 1. The van der Waals surface area contributed by atoms with Crippen molar-refractivity contribution >= 4 is 17.5 Å². The van der Waals surface area contributed by atoms with E-state index >= 15 is 0 Å². The predicted octanol–water partition coefficient (Wildman–Crippen LogP) is 3.13. The Labute approximate surface area is 152 Å². The molecule has 0 aliphatic heterocycles. The topological polar surface area (TPSA) is 93.5 Å². The van der Waals surface area contributed by atoms with E-state index in [2.05, 4.69) is 15.6 Å². The molecule has 3 rings (SSSR count). The normalized spacial score (nSPS) is 15.1. The predicted molar refractivity (Wildman–Crippen MR) is 96.8 cm³/mol. The van der Waals surface area contributed by atoms with Crippen molar-refractivity contribution in [2.24, 2.45) is 0 Å². The SMILES string of the molecule is COc1cc(NC(=O)C(=O)NC2CCCCCC2)ccc1-c1cnco1. The summed E-state index contributed by atoms with van der Waals surface area (Å²) in [6.07, 6.45) is 9.33. The monoisotopic (exact) mass is 357 g/mol. The van der Waals surface area contributed by atoms with Gasteiger partial charge in [0.15, 0.2) is 12.2 Å². The molecule has 1 aliphatic carbocycles. The lowest BCUT2D eigenvalue weighted by Crippen LogP contribution is -2.41. The highest BCUT2D eigenvalue weighted by atomic mass is 16.5. The third-order valence-corrected chi connectivity index (χ3v) is 4.55. The molecule has 7 nitrogen and oxygen atoms in total. The Morgan fingerprint density at radius 2 is 1.92 bits per heavy atom. The lowest BCUT2D eigenvalue weighted by molar-refractivity contribution is -0.136. The van der Waals surface area contributed by atoms with Crippen LogP contribution in [0.15, 0.2) is 35.2 Å². The van der Waals surface area contributed by atoms with E-state index in [1.54, 1.807) is 24.4 Å². The summed E-state index contributed by atoms with van der Waals surface area (Å²) in [6.45, 7) is 0. The lowest BCUT2D eigenvalue weighted by Gasteiger charge is -2.16. The Bertz CT molecular complexity index is 750. The molecule has 138 valence electrons. The molecule has 0 saturated heterocycles. The van der Waals surface area contributed by atoms with Crippen LogP contribution in [0.1, 0.15) is 38.5 Å². The minimum absolute atomic E-state index is 0.0825. The second-order valence-corrected chi connectivity index (χ2v) is 6.40. The fourth-order valence-corrected chi connectivity index (χ4v) is 3.18. The zero-order valence-corrected chi connectivity index (χ0v) is 14.8. The van der Waals surface area contributed by atoms with Gasteiger partial charge in [0.2, 0.25) is 0 Å². The number of nitrogens with one attached hydrogen (secondary N) is 2. The van der Waals surface area contributed by atoms with Crippen molar-refractivity contribution in [3.05, 3.63) is 30.8 Å². The van der Waals surface area contributed by atoms with E-state index in [9.17, 15) is 9.59 Å². The molecule has 0 spiro atoms. The van der Waals surface area contributed by atoms with Gasteiger partial charge in [-0.05, 0) is 25.0 Å². The molecular weight excluding hydrogens is 334 g/mol. The first-order chi connectivity index (χ1) is 12.7.